The summed E-state index contributed by atoms with van der Waals surface area (Å²) in [6.45, 7) is 1.81. The summed E-state index contributed by atoms with van der Waals surface area (Å²) < 4.78 is 22.2. The van der Waals surface area contributed by atoms with E-state index < -0.39 is 0 Å². The molecule has 3 aromatic rings. The van der Waals surface area contributed by atoms with E-state index in [1.54, 1.807) is 34.3 Å². The number of fused-ring (bicyclic) bond motifs is 1. The summed E-state index contributed by atoms with van der Waals surface area (Å²) in [6.07, 6.45) is 3.35. The van der Waals surface area contributed by atoms with Crippen molar-refractivity contribution in [3.05, 3.63) is 83.8 Å². The van der Waals surface area contributed by atoms with Gasteiger partial charge < -0.3 is 28.4 Å². The Labute approximate surface area is 204 Å². The van der Waals surface area contributed by atoms with Crippen LogP contribution in [0.25, 0.3) is 0 Å². The molecule has 1 saturated heterocycles. The van der Waals surface area contributed by atoms with Crippen LogP contribution in [0.2, 0.25) is 0 Å². The molecule has 1 fully saturated rings. The Morgan fingerprint density at radius 2 is 1.77 bits per heavy atom. The topological polar surface area (TPSA) is 81.5 Å². The molecule has 0 spiro atoms. The zero-order chi connectivity index (χ0) is 24.0. The van der Waals surface area contributed by atoms with Crippen LogP contribution in [0.4, 0.5) is 0 Å². The number of amides is 2. The first-order valence-corrected chi connectivity index (χ1v) is 11.8. The predicted octanol–water partition coefficient (Wildman–Crippen LogP) is 3.86. The molecule has 3 heterocycles. The lowest BCUT2D eigenvalue weighted by atomic mass is 10.1. The number of benzene rings is 2. The summed E-state index contributed by atoms with van der Waals surface area (Å²) >= 11 is 0. The van der Waals surface area contributed by atoms with Gasteiger partial charge in [0.1, 0.15) is 12.3 Å². The van der Waals surface area contributed by atoms with Crippen molar-refractivity contribution >= 4 is 11.8 Å². The Hall–Kier alpha value is -3.78. The third kappa shape index (κ3) is 5.66. The summed E-state index contributed by atoms with van der Waals surface area (Å²) in [5.74, 6) is 1.65. The molecule has 0 bridgehead atoms. The van der Waals surface area contributed by atoms with Gasteiger partial charge in [0.15, 0.2) is 11.5 Å². The van der Waals surface area contributed by atoms with Crippen LogP contribution in [0.15, 0.2) is 71.3 Å². The molecule has 0 N–H and O–H groups in total. The van der Waals surface area contributed by atoms with E-state index in [1.807, 2.05) is 42.5 Å². The highest BCUT2D eigenvalue weighted by Crippen LogP contribution is 2.33. The first-order chi connectivity index (χ1) is 17.2. The van der Waals surface area contributed by atoms with Gasteiger partial charge in [-0.25, -0.2) is 0 Å². The van der Waals surface area contributed by atoms with Gasteiger partial charge in [0.2, 0.25) is 12.7 Å². The molecule has 2 aliphatic rings. The maximum atomic E-state index is 13.6. The Kier molecular flexibility index (Phi) is 6.99. The van der Waals surface area contributed by atoms with E-state index in [2.05, 4.69) is 0 Å². The maximum absolute atomic E-state index is 13.6. The van der Waals surface area contributed by atoms with Gasteiger partial charge in [0.25, 0.3) is 5.91 Å². The van der Waals surface area contributed by atoms with Crippen LogP contribution >= 0.6 is 0 Å². The van der Waals surface area contributed by atoms with Gasteiger partial charge in [-0.15, -0.1) is 0 Å². The van der Waals surface area contributed by atoms with Crippen LogP contribution in [-0.2, 0) is 22.6 Å². The van der Waals surface area contributed by atoms with Crippen molar-refractivity contribution in [2.45, 2.75) is 32.0 Å². The smallest absolute Gasteiger partial charge is 0.254 e. The van der Waals surface area contributed by atoms with E-state index in [9.17, 15) is 9.59 Å². The Morgan fingerprint density at radius 1 is 0.914 bits per heavy atom. The second-order valence-corrected chi connectivity index (χ2v) is 8.70. The first-order valence-electron chi connectivity index (χ1n) is 11.8. The molecule has 2 aromatic carbocycles. The Bertz CT molecular complexity index is 1140. The van der Waals surface area contributed by atoms with Gasteiger partial charge in [-0.1, -0.05) is 24.3 Å². The molecule has 8 nitrogen and oxygen atoms in total. The van der Waals surface area contributed by atoms with Crippen molar-refractivity contribution in [2.24, 2.45) is 0 Å². The molecule has 0 radical (unpaired) electrons. The Balaban J connectivity index is 1.36. The van der Waals surface area contributed by atoms with Crippen molar-refractivity contribution in [3.8, 4) is 11.5 Å². The van der Waals surface area contributed by atoms with Crippen LogP contribution < -0.4 is 9.47 Å². The van der Waals surface area contributed by atoms with Crippen LogP contribution in [-0.4, -0.2) is 54.2 Å². The highest BCUT2D eigenvalue weighted by Gasteiger charge is 2.27. The second-order valence-electron chi connectivity index (χ2n) is 8.70. The molecule has 0 aliphatic carbocycles. The zero-order valence-electron chi connectivity index (χ0n) is 19.4. The fourth-order valence-corrected chi connectivity index (χ4v) is 4.36. The van der Waals surface area contributed by atoms with Crippen molar-refractivity contribution < 1.29 is 28.2 Å². The predicted molar refractivity (Wildman–Crippen MR) is 127 cm³/mol. The number of carbonyl (C=O) groups excluding carboxylic acids is 2. The molecule has 2 amide bonds. The molecule has 0 saturated carbocycles. The lowest BCUT2D eigenvalue weighted by Gasteiger charge is -2.29. The van der Waals surface area contributed by atoms with Crippen LogP contribution in [0.3, 0.4) is 0 Å². The molecule has 1 aromatic heterocycles. The summed E-state index contributed by atoms with van der Waals surface area (Å²) in [7, 11) is 0. The molecule has 2 aliphatic heterocycles. The third-order valence-electron chi connectivity index (χ3n) is 6.17. The highest BCUT2D eigenvalue weighted by atomic mass is 16.7. The van der Waals surface area contributed by atoms with Crippen LogP contribution in [0.1, 0.15) is 34.5 Å². The minimum absolute atomic E-state index is 0.0567. The molecular weight excluding hydrogens is 448 g/mol. The van der Waals surface area contributed by atoms with Gasteiger partial charge in [0.05, 0.1) is 18.9 Å². The number of rotatable bonds is 9. The number of hydrogen-bond donors (Lipinski definition) is 0. The SMILES string of the molecule is O=C(CN(CC1CCCO1)C(=O)c1ccccc1)N(Cc1ccc2c(c1)OCO2)Cc1ccco1. The number of carbonyl (C=O) groups is 2. The Morgan fingerprint density at radius 3 is 2.54 bits per heavy atom. The molecule has 182 valence electrons. The van der Waals surface area contributed by atoms with Gasteiger partial charge in [-0.3, -0.25) is 9.59 Å². The fourth-order valence-electron chi connectivity index (χ4n) is 4.36. The largest absolute Gasteiger partial charge is 0.467 e. The monoisotopic (exact) mass is 476 g/mol. The van der Waals surface area contributed by atoms with Gasteiger partial charge >= 0.3 is 0 Å². The van der Waals surface area contributed by atoms with E-state index in [-0.39, 0.29) is 37.8 Å². The molecule has 5 rings (SSSR count). The van der Waals surface area contributed by atoms with E-state index in [0.717, 1.165) is 18.4 Å². The summed E-state index contributed by atoms with van der Waals surface area (Å²) in [6, 6.07) is 18.3. The second kappa shape index (κ2) is 10.7. The minimum atomic E-state index is -0.185. The standard InChI is InChI=1S/C27H28N2O6/c30-26(18-29(17-23-9-5-13-33-23)27(31)21-6-2-1-3-7-21)28(16-22-8-4-12-32-22)15-20-10-11-24-25(14-20)35-19-34-24/h1-4,6-8,10-12,14,23H,5,9,13,15-19H2. The fraction of sp³-hybridized carbons (Fsp3) is 0.333. The summed E-state index contributed by atoms with van der Waals surface area (Å²) in [4.78, 5) is 30.3. The van der Waals surface area contributed by atoms with Gasteiger partial charge in [-0.2, -0.15) is 0 Å². The molecular formula is C27H28N2O6. The minimum Gasteiger partial charge on any atom is -0.467 e. The van der Waals surface area contributed by atoms with Crippen LogP contribution in [0, 0.1) is 0 Å². The zero-order valence-corrected chi connectivity index (χ0v) is 19.4. The van der Waals surface area contributed by atoms with E-state index in [4.69, 9.17) is 18.6 Å². The van der Waals surface area contributed by atoms with Gasteiger partial charge in [0, 0.05) is 25.3 Å². The van der Waals surface area contributed by atoms with Crippen molar-refractivity contribution in [3.63, 3.8) is 0 Å². The summed E-state index contributed by atoms with van der Waals surface area (Å²) in [5, 5.41) is 0. The molecule has 35 heavy (non-hydrogen) atoms. The van der Waals surface area contributed by atoms with E-state index >= 15 is 0 Å². The van der Waals surface area contributed by atoms with E-state index in [0.29, 0.717) is 42.5 Å². The number of furan rings is 1. The number of nitrogens with zero attached hydrogens (tertiary/aromatic N) is 2. The summed E-state index contributed by atoms with van der Waals surface area (Å²) in [5.41, 5.74) is 1.45. The maximum Gasteiger partial charge on any atom is 0.254 e. The van der Waals surface area contributed by atoms with Crippen molar-refractivity contribution in [1.29, 1.82) is 0 Å². The highest BCUT2D eigenvalue weighted by molar-refractivity contribution is 5.96. The number of hydrogen-bond acceptors (Lipinski definition) is 6. The average molecular weight is 477 g/mol. The number of ether oxygens (including phenoxy) is 3. The quantitative estimate of drug-likeness (QED) is 0.467. The lowest BCUT2D eigenvalue weighted by molar-refractivity contribution is -0.133. The first kappa shape index (κ1) is 23.0. The molecule has 8 heteroatoms. The average Bonchev–Trinajstić information content (AvgIpc) is 3.66. The molecule has 1 atom stereocenters. The van der Waals surface area contributed by atoms with Gasteiger partial charge in [-0.05, 0) is 54.8 Å². The molecule has 1 unspecified atom stereocenters. The van der Waals surface area contributed by atoms with E-state index in [1.165, 1.54) is 0 Å². The van der Waals surface area contributed by atoms with Crippen molar-refractivity contribution in [2.75, 3.05) is 26.5 Å². The lowest BCUT2D eigenvalue weighted by Crippen LogP contribution is -2.45. The van der Waals surface area contributed by atoms with Crippen LogP contribution in [0.5, 0.6) is 11.5 Å². The normalized spacial score (nSPS) is 16.3. The third-order valence-corrected chi connectivity index (χ3v) is 6.17. The van der Waals surface area contributed by atoms with Crippen molar-refractivity contribution in [1.82, 2.24) is 9.80 Å².